The van der Waals surface area contributed by atoms with E-state index in [0.29, 0.717) is 6.04 Å². The van der Waals surface area contributed by atoms with Gasteiger partial charge in [-0.15, -0.1) is 22.6 Å². The first kappa shape index (κ1) is 18.2. The van der Waals surface area contributed by atoms with Gasteiger partial charge >= 0.3 is 0 Å². The number of benzene rings is 1. The second-order valence-electron chi connectivity index (χ2n) is 7.91. The molecule has 3 heterocycles. The van der Waals surface area contributed by atoms with Crippen LogP contribution in [0.1, 0.15) is 18.4 Å². The van der Waals surface area contributed by atoms with Gasteiger partial charge in [0.15, 0.2) is 5.82 Å². The molecule has 0 radical (unpaired) electrons. The number of halogens is 1. The van der Waals surface area contributed by atoms with Crippen LogP contribution in [0.3, 0.4) is 0 Å². The summed E-state index contributed by atoms with van der Waals surface area (Å²) in [5.41, 5.74) is 10.3. The Morgan fingerprint density at radius 2 is 1.78 bits per heavy atom. The molecule has 7 heteroatoms. The number of aryl methyl sites for hydroxylation is 2. The van der Waals surface area contributed by atoms with E-state index in [1.54, 1.807) is 0 Å². The number of rotatable bonds is 2. The van der Waals surface area contributed by atoms with Gasteiger partial charge in [-0.3, -0.25) is 4.68 Å². The van der Waals surface area contributed by atoms with Gasteiger partial charge in [0.05, 0.1) is 11.2 Å². The van der Waals surface area contributed by atoms with Crippen molar-refractivity contribution in [1.82, 2.24) is 20.0 Å². The summed E-state index contributed by atoms with van der Waals surface area (Å²) in [5, 5.41) is 14.7. The van der Waals surface area contributed by atoms with Crippen LogP contribution in [0, 0.1) is 18.8 Å². The minimum absolute atomic E-state index is 0. The Balaban J connectivity index is 0.00000180. The van der Waals surface area contributed by atoms with Crippen LogP contribution in [0.5, 0.6) is 0 Å². The lowest BCUT2D eigenvalue weighted by atomic mass is 10.0. The van der Waals surface area contributed by atoms with Crippen molar-refractivity contribution in [2.75, 3.05) is 18.0 Å². The van der Waals surface area contributed by atoms with Crippen LogP contribution in [0.2, 0.25) is 0 Å². The average molecular weight is 385 g/mol. The first-order chi connectivity index (χ1) is 12.6. The molecule has 0 unspecified atom stereocenters. The Labute approximate surface area is 165 Å². The zero-order valence-corrected chi connectivity index (χ0v) is 16.5. The lowest BCUT2D eigenvalue weighted by Gasteiger charge is -2.18. The Bertz CT molecular complexity index is 953. The second kappa shape index (κ2) is 6.77. The summed E-state index contributed by atoms with van der Waals surface area (Å²) >= 11 is 0. The van der Waals surface area contributed by atoms with Gasteiger partial charge < -0.3 is 10.6 Å². The normalized spacial score (nSPS) is 22.3. The molecule has 142 valence electrons. The summed E-state index contributed by atoms with van der Waals surface area (Å²) in [6.07, 6.45) is 4.36. The van der Waals surface area contributed by atoms with Crippen molar-refractivity contribution in [2.45, 2.75) is 25.8 Å². The van der Waals surface area contributed by atoms with Crippen LogP contribution in [0.15, 0.2) is 30.5 Å². The first-order valence-corrected chi connectivity index (χ1v) is 9.36. The smallest absolute Gasteiger partial charge is 0.151 e. The third-order valence-corrected chi connectivity index (χ3v) is 6.11. The minimum atomic E-state index is 0. The molecule has 1 saturated carbocycles. The zero-order valence-electron chi connectivity index (χ0n) is 15.7. The summed E-state index contributed by atoms with van der Waals surface area (Å²) in [4.78, 5) is 2.37. The molecule has 1 aliphatic heterocycles. The van der Waals surface area contributed by atoms with E-state index in [-0.39, 0.29) is 12.4 Å². The summed E-state index contributed by atoms with van der Waals surface area (Å²) in [6, 6.07) is 8.74. The number of hydrogen-bond acceptors (Lipinski definition) is 5. The third kappa shape index (κ3) is 3.07. The van der Waals surface area contributed by atoms with Crippen molar-refractivity contribution in [3.8, 4) is 11.3 Å². The quantitative estimate of drug-likeness (QED) is 0.735. The second-order valence-corrected chi connectivity index (χ2v) is 7.91. The molecular formula is C20H25ClN6. The molecule has 2 atom stereocenters. The maximum absolute atomic E-state index is 6.10. The molecule has 0 amide bonds. The highest BCUT2D eigenvalue weighted by Gasteiger charge is 2.40. The van der Waals surface area contributed by atoms with Gasteiger partial charge in [0.25, 0.3) is 0 Å². The van der Waals surface area contributed by atoms with E-state index < -0.39 is 0 Å². The van der Waals surface area contributed by atoms with E-state index in [0.717, 1.165) is 60.4 Å². The SMILES string of the molecule is Cc1c(-c2ccc(N3C[C@H]4CC(N)C[C@@H]4C3)nn2)ccc2nn(C)cc12.Cl. The monoisotopic (exact) mass is 384 g/mol. The molecular weight excluding hydrogens is 360 g/mol. The van der Waals surface area contributed by atoms with E-state index >= 15 is 0 Å². The van der Waals surface area contributed by atoms with Gasteiger partial charge in [-0.25, -0.2) is 0 Å². The number of aromatic nitrogens is 4. The largest absolute Gasteiger partial charge is 0.355 e. The fourth-order valence-corrected chi connectivity index (χ4v) is 4.80. The molecule has 3 aromatic rings. The molecule has 6 nitrogen and oxygen atoms in total. The molecule has 5 rings (SSSR count). The minimum Gasteiger partial charge on any atom is -0.355 e. The lowest BCUT2D eigenvalue weighted by Crippen LogP contribution is -2.25. The highest BCUT2D eigenvalue weighted by molar-refractivity contribution is 5.88. The zero-order chi connectivity index (χ0) is 17.8. The van der Waals surface area contributed by atoms with Crippen molar-refractivity contribution in [3.63, 3.8) is 0 Å². The Hall–Kier alpha value is -2.18. The number of fused-ring (bicyclic) bond motifs is 2. The predicted octanol–water partition coefficient (Wildman–Crippen LogP) is 2.93. The Kier molecular flexibility index (Phi) is 4.56. The van der Waals surface area contributed by atoms with E-state index in [9.17, 15) is 0 Å². The van der Waals surface area contributed by atoms with E-state index in [4.69, 9.17) is 5.73 Å². The number of hydrogen-bond donors (Lipinski definition) is 1. The molecule has 27 heavy (non-hydrogen) atoms. The lowest BCUT2D eigenvalue weighted by molar-refractivity contribution is 0.494. The molecule has 0 spiro atoms. The first-order valence-electron chi connectivity index (χ1n) is 9.36. The van der Waals surface area contributed by atoms with Crippen molar-refractivity contribution in [2.24, 2.45) is 24.6 Å². The van der Waals surface area contributed by atoms with E-state index in [1.165, 1.54) is 10.9 Å². The van der Waals surface area contributed by atoms with E-state index in [2.05, 4.69) is 57.6 Å². The van der Waals surface area contributed by atoms with Crippen molar-refractivity contribution in [3.05, 3.63) is 36.0 Å². The van der Waals surface area contributed by atoms with Gasteiger partial charge in [0.2, 0.25) is 0 Å². The van der Waals surface area contributed by atoms with Gasteiger partial charge in [0.1, 0.15) is 0 Å². The third-order valence-electron chi connectivity index (χ3n) is 6.11. The molecule has 1 saturated heterocycles. The van der Waals surface area contributed by atoms with Crippen molar-refractivity contribution >= 4 is 29.1 Å². The van der Waals surface area contributed by atoms with Crippen molar-refractivity contribution in [1.29, 1.82) is 0 Å². The number of nitrogens with zero attached hydrogens (tertiary/aromatic N) is 5. The molecule has 2 N–H and O–H groups in total. The van der Waals surface area contributed by atoms with Crippen LogP contribution in [0.4, 0.5) is 5.82 Å². The molecule has 1 aromatic carbocycles. The number of nitrogens with two attached hydrogens (primary N) is 1. The molecule has 2 aromatic heterocycles. The van der Waals surface area contributed by atoms with Crippen LogP contribution >= 0.6 is 12.4 Å². The molecule has 2 aliphatic rings. The standard InChI is InChI=1S/C20H24N6.ClH/c1-12-16(3-4-19-17(12)11-25(2)24-19)18-5-6-20(23-22-18)26-9-13-7-15(21)8-14(13)10-26;/h3-6,11,13-15H,7-10,21H2,1-2H3;1H/t13-,14-;/m1./s1. The summed E-state index contributed by atoms with van der Waals surface area (Å²) in [5.74, 6) is 2.43. The van der Waals surface area contributed by atoms with Gasteiger partial charge in [-0.1, -0.05) is 6.07 Å². The summed E-state index contributed by atoms with van der Waals surface area (Å²) in [7, 11) is 1.95. The summed E-state index contributed by atoms with van der Waals surface area (Å²) in [6.45, 7) is 4.25. The van der Waals surface area contributed by atoms with Crippen LogP contribution < -0.4 is 10.6 Å². The van der Waals surface area contributed by atoms with Gasteiger partial charge in [-0.05, 0) is 55.4 Å². The Morgan fingerprint density at radius 1 is 1.04 bits per heavy atom. The van der Waals surface area contributed by atoms with Crippen LogP contribution in [0.25, 0.3) is 22.2 Å². The van der Waals surface area contributed by atoms with Gasteiger partial charge in [0, 0.05) is 43.3 Å². The molecule has 0 bridgehead atoms. The maximum Gasteiger partial charge on any atom is 0.151 e. The highest BCUT2D eigenvalue weighted by Crippen LogP contribution is 2.38. The van der Waals surface area contributed by atoms with Crippen LogP contribution in [-0.4, -0.2) is 39.1 Å². The topological polar surface area (TPSA) is 72.9 Å². The summed E-state index contributed by atoms with van der Waals surface area (Å²) < 4.78 is 1.85. The predicted molar refractivity (Wildman–Crippen MR) is 110 cm³/mol. The van der Waals surface area contributed by atoms with Crippen LogP contribution in [-0.2, 0) is 7.05 Å². The fourth-order valence-electron chi connectivity index (χ4n) is 4.80. The van der Waals surface area contributed by atoms with Crippen molar-refractivity contribution < 1.29 is 0 Å². The molecule has 1 aliphatic carbocycles. The fraction of sp³-hybridized carbons (Fsp3) is 0.450. The van der Waals surface area contributed by atoms with E-state index in [1.807, 2.05) is 11.7 Å². The Morgan fingerprint density at radius 3 is 2.44 bits per heavy atom. The highest BCUT2D eigenvalue weighted by atomic mass is 35.5. The maximum atomic E-state index is 6.10. The molecule has 2 fully saturated rings. The van der Waals surface area contributed by atoms with Gasteiger partial charge in [-0.2, -0.15) is 5.10 Å². The average Bonchev–Trinajstić information content (AvgIpc) is 3.27. The number of anilines is 1.